The Morgan fingerprint density at radius 3 is 2.83 bits per heavy atom. The van der Waals surface area contributed by atoms with E-state index in [9.17, 15) is 4.79 Å². The first-order valence-corrected chi connectivity index (χ1v) is 7.04. The summed E-state index contributed by atoms with van der Waals surface area (Å²) in [5, 5.41) is 16.4. The lowest BCUT2D eigenvalue weighted by Gasteiger charge is -2.09. The van der Waals surface area contributed by atoms with E-state index >= 15 is 0 Å². The summed E-state index contributed by atoms with van der Waals surface area (Å²) in [7, 11) is 0. The highest BCUT2D eigenvalue weighted by molar-refractivity contribution is 7.13. The van der Waals surface area contributed by atoms with Crippen LogP contribution in [-0.2, 0) is 0 Å². The van der Waals surface area contributed by atoms with Gasteiger partial charge in [-0.1, -0.05) is 0 Å². The lowest BCUT2D eigenvalue weighted by atomic mass is 10.2. The van der Waals surface area contributed by atoms with Crippen LogP contribution in [-0.4, -0.2) is 10.9 Å². The van der Waals surface area contributed by atoms with Crippen LogP contribution in [0.3, 0.4) is 0 Å². The minimum absolute atomic E-state index is 0.240. The van der Waals surface area contributed by atoms with Gasteiger partial charge in [0.1, 0.15) is 10.9 Å². The third-order valence-corrected chi connectivity index (χ3v) is 4.16. The summed E-state index contributed by atoms with van der Waals surface area (Å²) in [5.74, 6) is -0.240. The van der Waals surface area contributed by atoms with Crippen LogP contribution >= 0.6 is 22.7 Å². The molecule has 0 bridgehead atoms. The van der Waals surface area contributed by atoms with E-state index in [2.05, 4.69) is 16.4 Å². The number of nitriles is 1. The number of hydrogen-bond acceptors (Lipinski definition) is 5. The Balaban J connectivity index is 2.16. The fourth-order valence-corrected chi connectivity index (χ4v) is 3.08. The number of thiophene rings is 1. The van der Waals surface area contributed by atoms with Gasteiger partial charge in [-0.25, -0.2) is 4.98 Å². The van der Waals surface area contributed by atoms with Crippen molar-refractivity contribution < 1.29 is 4.79 Å². The molecule has 0 aliphatic heterocycles. The molecule has 92 valence electrons. The van der Waals surface area contributed by atoms with Crippen LogP contribution in [0.5, 0.6) is 0 Å². The summed E-state index contributed by atoms with van der Waals surface area (Å²) in [6.45, 7) is 3.65. The van der Waals surface area contributed by atoms with E-state index in [-0.39, 0.29) is 5.91 Å². The number of aryl methyl sites for hydroxylation is 2. The minimum atomic E-state index is -0.606. The van der Waals surface area contributed by atoms with Crippen LogP contribution in [0.25, 0.3) is 0 Å². The molecule has 18 heavy (non-hydrogen) atoms. The van der Waals surface area contributed by atoms with Crippen LogP contribution < -0.4 is 5.32 Å². The zero-order valence-corrected chi connectivity index (χ0v) is 11.6. The van der Waals surface area contributed by atoms with E-state index in [1.807, 2.05) is 23.8 Å². The van der Waals surface area contributed by atoms with Gasteiger partial charge in [0.25, 0.3) is 5.91 Å². The Kier molecular flexibility index (Phi) is 3.75. The topological polar surface area (TPSA) is 65.8 Å². The maximum absolute atomic E-state index is 12.1. The van der Waals surface area contributed by atoms with Gasteiger partial charge in [-0.3, -0.25) is 4.79 Å². The standard InChI is InChI=1S/C12H11N3OS2/c1-7-11(18-8(2)14-7)12(16)15-10(5-13)9-3-4-17-6-9/h3-4,6,10H,1-2H3,(H,15,16). The molecular weight excluding hydrogens is 266 g/mol. The molecule has 0 spiro atoms. The monoisotopic (exact) mass is 277 g/mol. The fraction of sp³-hybridized carbons (Fsp3) is 0.250. The molecule has 0 aliphatic carbocycles. The molecule has 1 N–H and O–H groups in total. The number of hydrogen-bond donors (Lipinski definition) is 1. The van der Waals surface area contributed by atoms with Gasteiger partial charge in [0.2, 0.25) is 0 Å². The molecule has 1 unspecified atom stereocenters. The summed E-state index contributed by atoms with van der Waals surface area (Å²) in [5.41, 5.74) is 1.52. The van der Waals surface area contributed by atoms with Crippen LogP contribution in [0.15, 0.2) is 16.8 Å². The zero-order valence-electron chi connectivity index (χ0n) is 9.93. The number of nitrogens with zero attached hydrogens (tertiary/aromatic N) is 2. The van der Waals surface area contributed by atoms with Crippen molar-refractivity contribution in [2.75, 3.05) is 0 Å². The Labute approximate surface area is 113 Å². The average molecular weight is 277 g/mol. The number of amides is 1. The van der Waals surface area contributed by atoms with E-state index < -0.39 is 6.04 Å². The van der Waals surface area contributed by atoms with Gasteiger partial charge in [-0.15, -0.1) is 11.3 Å². The van der Waals surface area contributed by atoms with E-state index in [1.54, 1.807) is 6.92 Å². The third-order valence-electron chi connectivity index (χ3n) is 2.39. The number of carbonyl (C=O) groups is 1. The van der Waals surface area contributed by atoms with E-state index in [4.69, 9.17) is 5.26 Å². The molecule has 6 heteroatoms. The quantitative estimate of drug-likeness (QED) is 0.938. The van der Waals surface area contributed by atoms with E-state index in [0.717, 1.165) is 10.6 Å². The third kappa shape index (κ3) is 2.58. The maximum atomic E-state index is 12.1. The fourth-order valence-electron chi connectivity index (χ4n) is 1.57. The molecule has 2 aromatic heterocycles. The van der Waals surface area contributed by atoms with Crippen molar-refractivity contribution in [3.8, 4) is 6.07 Å². The van der Waals surface area contributed by atoms with Crippen molar-refractivity contribution in [3.05, 3.63) is 38.0 Å². The van der Waals surface area contributed by atoms with Gasteiger partial charge in [-0.2, -0.15) is 16.6 Å². The van der Waals surface area contributed by atoms with Crippen molar-refractivity contribution in [1.82, 2.24) is 10.3 Å². The van der Waals surface area contributed by atoms with Gasteiger partial charge in [0.05, 0.1) is 16.8 Å². The second-order valence-corrected chi connectivity index (χ2v) is 5.72. The van der Waals surface area contributed by atoms with Crippen molar-refractivity contribution in [3.63, 3.8) is 0 Å². The van der Waals surface area contributed by atoms with Gasteiger partial charge >= 0.3 is 0 Å². The van der Waals surface area contributed by atoms with Crippen molar-refractivity contribution in [2.24, 2.45) is 0 Å². The first-order valence-electron chi connectivity index (χ1n) is 5.28. The summed E-state index contributed by atoms with van der Waals surface area (Å²) >= 11 is 2.84. The number of carbonyl (C=O) groups excluding carboxylic acids is 1. The van der Waals surface area contributed by atoms with Crippen LogP contribution in [0.4, 0.5) is 0 Å². The molecule has 2 heterocycles. The van der Waals surface area contributed by atoms with Crippen LogP contribution in [0, 0.1) is 25.2 Å². The Hall–Kier alpha value is -1.71. The van der Waals surface area contributed by atoms with E-state index in [1.165, 1.54) is 22.7 Å². The molecule has 2 rings (SSSR count). The molecule has 4 nitrogen and oxygen atoms in total. The zero-order chi connectivity index (χ0) is 13.1. The number of thiazole rings is 1. The summed E-state index contributed by atoms with van der Waals surface area (Å²) in [4.78, 5) is 16.8. The molecule has 0 saturated carbocycles. The van der Waals surface area contributed by atoms with Gasteiger partial charge in [0, 0.05) is 0 Å². The van der Waals surface area contributed by atoms with Crippen molar-refractivity contribution in [2.45, 2.75) is 19.9 Å². The molecular formula is C12H11N3OS2. The normalized spacial score (nSPS) is 11.8. The predicted molar refractivity (Wildman–Crippen MR) is 71.7 cm³/mol. The molecule has 0 aromatic carbocycles. The Morgan fingerprint density at radius 1 is 1.56 bits per heavy atom. The van der Waals surface area contributed by atoms with Crippen LogP contribution in [0.1, 0.15) is 32.0 Å². The lowest BCUT2D eigenvalue weighted by molar-refractivity contribution is 0.0948. The van der Waals surface area contributed by atoms with Crippen molar-refractivity contribution >= 4 is 28.6 Å². The highest BCUT2D eigenvalue weighted by Crippen LogP contribution is 2.20. The molecule has 0 aliphatic rings. The maximum Gasteiger partial charge on any atom is 0.264 e. The molecule has 0 fully saturated rings. The smallest absolute Gasteiger partial charge is 0.264 e. The molecule has 1 amide bonds. The summed E-state index contributed by atoms with van der Waals surface area (Å²) in [6, 6.07) is 3.32. The second kappa shape index (κ2) is 5.29. The highest BCUT2D eigenvalue weighted by Gasteiger charge is 2.19. The average Bonchev–Trinajstić information content (AvgIpc) is 2.95. The SMILES string of the molecule is Cc1nc(C)c(C(=O)NC(C#N)c2ccsc2)s1. The summed E-state index contributed by atoms with van der Waals surface area (Å²) in [6.07, 6.45) is 0. The highest BCUT2D eigenvalue weighted by atomic mass is 32.1. The Bertz CT molecular complexity index is 595. The Morgan fingerprint density at radius 2 is 2.33 bits per heavy atom. The first-order chi connectivity index (χ1) is 8.61. The molecule has 2 aromatic rings. The van der Waals surface area contributed by atoms with Gasteiger partial charge in [0.15, 0.2) is 0 Å². The molecule has 1 atom stereocenters. The number of aromatic nitrogens is 1. The molecule has 0 saturated heterocycles. The van der Waals surface area contributed by atoms with Crippen molar-refractivity contribution in [1.29, 1.82) is 5.26 Å². The number of nitrogens with one attached hydrogen (secondary N) is 1. The van der Waals surface area contributed by atoms with Gasteiger partial charge in [-0.05, 0) is 36.2 Å². The van der Waals surface area contributed by atoms with E-state index in [0.29, 0.717) is 10.6 Å². The largest absolute Gasteiger partial charge is 0.332 e. The van der Waals surface area contributed by atoms with Crippen LogP contribution in [0.2, 0.25) is 0 Å². The lowest BCUT2D eigenvalue weighted by Crippen LogP contribution is -2.27. The number of rotatable bonds is 3. The molecule has 0 radical (unpaired) electrons. The summed E-state index contributed by atoms with van der Waals surface area (Å²) < 4.78 is 0. The second-order valence-electron chi connectivity index (χ2n) is 3.74. The first kappa shape index (κ1) is 12.7. The predicted octanol–water partition coefficient (Wildman–Crippen LogP) is 2.82. The van der Waals surface area contributed by atoms with Gasteiger partial charge < -0.3 is 5.32 Å². The minimum Gasteiger partial charge on any atom is -0.332 e.